The van der Waals surface area contributed by atoms with Crippen LogP contribution in [0.2, 0.25) is 0 Å². The Labute approximate surface area is 104 Å². The molecule has 0 aliphatic rings. The van der Waals surface area contributed by atoms with Gasteiger partial charge in [-0.25, -0.2) is 4.98 Å². The molecule has 0 spiro atoms. The number of hydrogen-bond acceptors (Lipinski definition) is 4. The van der Waals surface area contributed by atoms with Crippen molar-refractivity contribution in [3.63, 3.8) is 0 Å². The van der Waals surface area contributed by atoms with Crippen LogP contribution in [0.3, 0.4) is 0 Å². The molecule has 1 rings (SSSR count). The van der Waals surface area contributed by atoms with Gasteiger partial charge in [-0.15, -0.1) is 0 Å². The maximum absolute atomic E-state index is 5.35. The third-order valence-electron chi connectivity index (χ3n) is 2.88. The first-order valence-electron chi connectivity index (χ1n) is 6.43. The molecule has 17 heavy (non-hydrogen) atoms. The lowest BCUT2D eigenvalue weighted by molar-refractivity contribution is 0.141. The van der Waals surface area contributed by atoms with Crippen molar-refractivity contribution < 1.29 is 4.74 Å². The van der Waals surface area contributed by atoms with Crippen LogP contribution in [-0.2, 0) is 17.7 Å². The first-order chi connectivity index (χ1) is 8.31. The van der Waals surface area contributed by atoms with Gasteiger partial charge in [0.05, 0.1) is 0 Å². The molecule has 1 unspecified atom stereocenters. The zero-order valence-corrected chi connectivity index (χ0v) is 11.1. The number of aromatic nitrogens is 3. The minimum Gasteiger partial charge on any atom is -0.382 e. The Morgan fingerprint density at radius 2 is 2.29 bits per heavy atom. The Morgan fingerprint density at radius 3 is 2.94 bits per heavy atom. The number of nitrogens with zero attached hydrogens (tertiary/aromatic N) is 3. The van der Waals surface area contributed by atoms with E-state index in [1.165, 1.54) is 0 Å². The number of likely N-dealkylation sites (N-methyl/N-ethyl adjacent to an activating group) is 1. The second-order valence-electron chi connectivity index (χ2n) is 4.02. The Morgan fingerprint density at radius 1 is 1.47 bits per heavy atom. The molecule has 0 saturated carbocycles. The molecule has 0 fully saturated rings. The molecule has 1 N–H and O–H groups in total. The molecule has 0 aliphatic carbocycles. The summed E-state index contributed by atoms with van der Waals surface area (Å²) in [5.41, 5.74) is 0. The van der Waals surface area contributed by atoms with E-state index in [4.69, 9.17) is 4.74 Å². The summed E-state index contributed by atoms with van der Waals surface area (Å²) >= 11 is 0. The molecule has 5 nitrogen and oxygen atoms in total. The van der Waals surface area contributed by atoms with Crippen molar-refractivity contribution in [3.05, 3.63) is 12.2 Å². The van der Waals surface area contributed by atoms with E-state index in [2.05, 4.69) is 22.3 Å². The van der Waals surface area contributed by atoms with Gasteiger partial charge < -0.3 is 10.1 Å². The largest absolute Gasteiger partial charge is 0.382 e. The fraction of sp³-hybridized carbons (Fsp3) is 0.833. The summed E-state index contributed by atoms with van der Waals surface area (Å²) in [5, 5.41) is 7.52. The molecule has 0 amide bonds. The summed E-state index contributed by atoms with van der Waals surface area (Å²) in [7, 11) is 2.00. The topological polar surface area (TPSA) is 52.0 Å². The number of hydrogen-bond donors (Lipinski definition) is 1. The van der Waals surface area contributed by atoms with E-state index in [0.717, 1.165) is 44.8 Å². The lowest BCUT2D eigenvalue weighted by atomic mass is 10.1. The standard InChI is InChI=1S/C12H24N4O/c1-4-16-12(14-10-15-16)9-11(13-3)7-6-8-17-5-2/h10-11,13H,4-9H2,1-3H3. The Kier molecular flexibility index (Phi) is 6.81. The number of ether oxygens (including phenoxy) is 1. The normalized spacial score (nSPS) is 12.9. The molecule has 5 heteroatoms. The fourth-order valence-corrected chi connectivity index (χ4v) is 1.86. The summed E-state index contributed by atoms with van der Waals surface area (Å²) in [6, 6.07) is 0.449. The fourth-order valence-electron chi connectivity index (χ4n) is 1.86. The van der Waals surface area contributed by atoms with Crippen molar-refractivity contribution in [2.45, 2.75) is 45.7 Å². The van der Waals surface area contributed by atoms with Gasteiger partial charge in [0.2, 0.25) is 0 Å². The highest BCUT2D eigenvalue weighted by atomic mass is 16.5. The van der Waals surface area contributed by atoms with Crippen LogP contribution in [-0.4, -0.2) is 41.1 Å². The van der Waals surface area contributed by atoms with Gasteiger partial charge in [0, 0.05) is 32.2 Å². The molecule has 1 heterocycles. The SMILES string of the molecule is CCOCCCC(Cc1ncnn1CC)NC. The van der Waals surface area contributed by atoms with Crippen LogP contribution in [0.1, 0.15) is 32.5 Å². The van der Waals surface area contributed by atoms with E-state index in [-0.39, 0.29) is 0 Å². The molecule has 98 valence electrons. The highest BCUT2D eigenvalue weighted by Gasteiger charge is 2.11. The molecule has 0 radical (unpaired) electrons. The van der Waals surface area contributed by atoms with Crippen molar-refractivity contribution in [2.24, 2.45) is 0 Å². The average Bonchev–Trinajstić information content (AvgIpc) is 2.80. The van der Waals surface area contributed by atoms with Crippen molar-refractivity contribution in [1.29, 1.82) is 0 Å². The smallest absolute Gasteiger partial charge is 0.138 e. The first-order valence-corrected chi connectivity index (χ1v) is 6.43. The van der Waals surface area contributed by atoms with Crippen molar-refractivity contribution in [1.82, 2.24) is 20.1 Å². The van der Waals surface area contributed by atoms with E-state index >= 15 is 0 Å². The minimum atomic E-state index is 0.449. The highest BCUT2D eigenvalue weighted by molar-refractivity contribution is 4.89. The Balaban J connectivity index is 2.35. The molecular weight excluding hydrogens is 216 g/mol. The zero-order chi connectivity index (χ0) is 12.5. The summed E-state index contributed by atoms with van der Waals surface area (Å²) in [6.45, 7) is 6.63. The predicted octanol–water partition coefficient (Wildman–Crippen LogP) is 1.25. The second kappa shape index (κ2) is 8.20. The molecule has 0 aromatic carbocycles. The van der Waals surface area contributed by atoms with E-state index in [9.17, 15) is 0 Å². The van der Waals surface area contributed by atoms with Gasteiger partial charge >= 0.3 is 0 Å². The minimum absolute atomic E-state index is 0.449. The summed E-state index contributed by atoms with van der Waals surface area (Å²) < 4.78 is 7.30. The van der Waals surface area contributed by atoms with E-state index in [1.54, 1.807) is 6.33 Å². The van der Waals surface area contributed by atoms with Crippen LogP contribution >= 0.6 is 0 Å². The quantitative estimate of drug-likeness (QED) is 0.660. The summed E-state index contributed by atoms with van der Waals surface area (Å²) in [5.74, 6) is 1.06. The van der Waals surface area contributed by atoms with Crippen LogP contribution in [0.15, 0.2) is 6.33 Å². The van der Waals surface area contributed by atoms with E-state index in [0.29, 0.717) is 6.04 Å². The number of rotatable bonds is 9. The molecule has 1 atom stereocenters. The lowest BCUT2D eigenvalue weighted by Crippen LogP contribution is -2.29. The zero-order valence-electron chi connectivity index (χ0n) is 11.1. The maximum Gasteiger partial charge on any atom is 0.138 e. The molecule has 1 aromatic rings. The number of aryl methyl sites for hydroxylation is 1. The molecule has 0 saturated heterocycles. The third-order valence-corrected chi connectivity index (χ3v) is 2.88. The van der Waals surface area contributed by atoms with Gasteiger partial charge in [-0.1, -0.05) is 0 Å². The van der Waals surface area contributed by atoms with E-state index < -0.39 is 0 Å². The van der Waals surface area contributed by atoms with Crippen LogP contribution in [0.25, 0.3) is 0 Å². The monoisotopic (exact) mass is 240 g/mol. The third kappa shape index (κ3) is 4.83. The Bertz CT molecular complexity index is 300. The molecule has 1 aromatic heterocycles. The van der Waals surface area contributed by atoms with Crippen LogP contribution in [0.4, 0.5) is 0 Å². The van der Waals surface area contributed by atoms with Crippen molar-refractivity contribution in [3.8, 4) is 0 Å². The molecule has 0 bridgehead atoms. The second-order valence-corrected chi connectivity index (χ2v) is 4.02. The summed E-state index contributed by atoms with van der Waals surface area (Å²) in [4.78, 5) is 4.30. The van der Waals surface area contributed by atoms with Gasteiger partial charge in [0.25, 0.3) is 0 Å². The predicted molar refractivity (Wildman–Crippen MR) is 68.0 cm³/mol. The lowest BCUT2D eigenvalue weighted by Gasteiger charge is -2.15. The van der Waals surface area contributed by atoms with Crippen molar-refractivity contribution in [2.75, 3.05) is 20.3 Å². The maximum atomic E-state index is 5.35. The van der Waals surface area contributed by atoms with Gasteiger partial charge in [-0.05, 0) is 33.7 Å². The van der Waals surface area contributed by atoms with Crippen LogP contribution in [0, 0.1) is 0 Å². The molecule has 0 aliphatic heterocycles. The Hall–Kier alpha value is -0.940. The van der Waals surface area contributed by atoms with Gasteiger partial charge in [-0.3, -0.25) is 4.68 Å². The molecular formula is C12H24N4O. The van der Waals surface area contributed by atoms with Gasteiger partial charge in [0.15, 0.2) is 0 Å². The number of nitrogens with one attached hydrogen (secondary N) is 1. The van der Waals surface area contributed by atoms with Crippen LogP contribution in [0.5, 0.6) is 0 Å². The van der Waals surface area contributed by atoms with Crippen molar-refractivity contribution >= 4 is 0 Å². The van der Waals surface area contributed by atoms with Crippen LogP contribution < -0.4 is 5.32 Å². The van der Waals surface area contributed by atoms with Gasteiger partial charge in [-0.2, -0.15) is 5.10 Å². The van der Waals surface area contributed by atoms with Gasteiger partial charge in [0.1, 0.15) is 12.2 Å². The highest BCUT2D eigenvalue weighted by Crippen LogP contribution is 2.05. The van der Waals surface area contributed by atoms with E-state index in [1.807, 2.05) is 18.7 Å². The first kappa shape index (κ1) is 14.1. The average molecular weight is 240 g/mol. The summed E-state index contributed by atoms with van der Waals surface area (Å²) in [6.07, 6.45) is 4.74.